The average Bonchev–Trinajstić information content (AvgIpc) is 3.20. The van der Waals surface area contributed by atoms with Crippen LogP contribution < -0.4 is 9.63 Å². The molecule has 0 aliphatic carbocycles. The Balaban J connectivity index is 1.59. The molecule has 7 nitrogen and oxygen atoms in total. The number of rotatable bonds is 5. The number of morpholine rings is 1. The van der Waals surface area contributed by atoms with Crippen molar-refractivity contribution in [3.8, 4) is 11.1 Å². The second-order valence-electron chi connectivity index (χ2n) is 6.23. The van der Waals surface area contributed by atoms with Gasteiger partial charge in [0, 0.05) is 24.7 Å². The van der Waals surface area contributed by atoms with Crippen molar-refractivity contribution in [2.75, 3.05) is 31.2 Å². The molecule has 3 aromatic rings. The highest BCUT2D eigenvalue weighted by Gasteiger charge is 2.23. The van der Waals surface area contributed by atoms with Gasteiger partial charge in [-0.2, -0.15) is 0 Å². The van der Waals surface area contributed by atoms with Crippen LogP contribution in [0.5, 0.6) is 0 Å². The first-order chi connectivity index (χ1) is 13.7. The molecule has 1 fully saturated rings. The Hall–Kier alpha value is -2.97. The summed E-state index contributed by atoms with van der Waals surface area (Å²) in [5.41, 5.74) is 2.04. The zero-order chi connectivity index (χ0) is 19.3. The topological polar surface area (TPSA) is 78.6 Å². The van der Waals surface area contributed by atoms with Crippen LogP contribution in [0, 0.1) is 5.21 Å². The maximum atomic E-state index is 12.6. The summed E-state index contributed by atoms with van der Waals surface area (Å²) in [5.74, 6) is -0.323. The van der Waals surface area contributed by atoms with Crippen LogP contribution in [-0.4, -0.2) is 37.3 Å². The molecule has 0 spiro atoms. The Labute approximate surface area is 166 Å². The lowest BCUT2D eigenvalue weighted by Gasteiger charge is -2.28. The third-order valence-electron chi connectivity index (χ3n) is 4.41. The number of benzene rings is 1. The van der Waals surface area contributed by atoms with Gasteiger partial charge in [0.25, 0.3) is 0 Å². The van der Waals surface area contributed by atoms with Crippen LogP contribution in [0.15, 0.2) is 54.9 Å². The number of aromatic nitrogens is 2. The van der Waals surface area contributed by atoms with E-state index in [1.807, 2.05) is 36.4 Å². The zero-order valence-electron chi connectivity index (χ0n) is 15.1. The second kappa shape index (κ2) is 8.37. The second-order valence-corrected chi connectivity index (χ2v) is 7.26. The predicted octanol–water partition coefficient (Wildman–Crippen LogP) is 2.64. The molecule has 28 heavy (non-hydrogen) atoms. The molecule has 0 atom stereocenters. The van der Waals surface area contributed by atoms with Crippen LogP contribution >= 0.6 is 11.3 Å². The van der Waals surface area contributed by atoms with Gasteiger partial charge >= 0.3 is 11.8 Å². The van der Waals surface area contributed by atoms with E-state index in [4.69, 9.17) is 9.47 Å². The Bertz CT molecular complexity index is 955. The van der Waals surface area contributed by atoms with Crippen LogP contribution in [-0.2, 0) is 16.1 Å². The molecule has 0 unspecified atom stereocenters. The van der Waals surface area contributed by atoms with Gasteiger partial charge in [0.05, 0.1) is 24.4 Å². The summed E-state index contributed by atoms with van der Waals surface area (Å²) in [4.78, 5) is 19.3. The Morgan fingerprint density at radius 2 is 2.04 bits per heavy atom. The molecular weight excluding hydrogens is 378 g/mol. The molecule has 8 heteroatoms. The highest BCUT2D eigenvalue weighted by atomic mass is 32.1. The van der Waals surface area contributed by atoms with Gasteiger partial charge in [0.15, 0.2) is 6.61 Å². The van der Waals surface area contributed by atoms with Crippen molar-refractivity contribution < 1.29 is 19.0 Å². The first-order valence-corrected chi connectivity index (χ1v) is 9.76. The van der Waals surface area contributed by atoms with Gasteiger partial charge in [0.1, 0.15) is 11.1 Å². The molecule has 0 saturated carbocycles. The number of ether oxygens (including phenoxy) is 2. The van der Waals surface area contributed by atoms with Gasteiger partial charge < -0.3 is 19.6 Å². The Kier molecular flexibility index (Phi) is 5.50. The van der Waals surface area contributed by atoms with Crippen molar-refractivity contribution >= 4 is 22.3 Å². The molecular formula is C20H19N3O4S. The lowest BCUT2D eigenvalue weighted by molar-refractivity contribution is -0.620. The fraction of sp³-hybridized carbons (Fsp3) is 0.250. The largest absolute Gasteiger partial charge is 0.711 e. The number of thiophene rings is 1. The van der Waals surface area contributed by atoms with E-state index < -0.39 is 5.97 Å². The standard InChI is InChI=1S/C20H19N3O4S/c24-20(27-14-18-21-7-4-8-23(18)25)17-13-16(15-5-2-1-3-6-15)19(28-17)22-9-11-26-12-10-22/h1-8,13H,9-12,14H2. The third-order valence-corrected chi connectivity index (χ3v) is 5.59. The normalized spacial score (nSPS) is 14.1. The molecule has 1 aliphatic heterocycles. The maximum absolute atomic E-state index is 12.6. The molecule has 1 aliphatic rings. The van der Waals surface area contributed by atoms with Crippen LogP contribution in [0.4, 0.5) is 5.00 Å². The van der Waals surface area contributed by atoms with Crippen LogP contribution in [0.25, 0.3) is 11.1 Å². The van der Waals surface area contributed by atoms with E-state index in [9.17, 15) is 10.0 Å². The zero-order valence-corrected chi connectivity index (χ0v) is 15.9. The summed E-state index contributed by atoms with van der Waals surface area (Å²) in [6.45, 7) is 2.71. The number of hydrogen-bond acceptors (Lipinski definition) is 7. The van der Waals surface area contributed by atoms with Crippen molar-refractivity contribution in [3.05, 3.63) is 70.8 Å². The van der Waals surface area contributed by atoms with Gasteiger partial charge in [-0.15, -0.1) is 11.3 Å². The first-order valence-electron chi connectivity index (χ1n) is 8.94. The molecule has 1 saturated heterocycles. The summed E-state index contributed by atoms with van der Waals surface area (Å²) in [6, 6.07) is 13.3. The summed E-state index contributed by atoms with van der Waals surface area (Å²) >= 11 is 1.40. The lowest BCUT2D eigenvalue weighted by Crippen LogP contribution is -2.35. The molecule has 144 valence electrons. The molecule has 2 aromatic heterocycles. The van der Waals surface area contributed by atoms with Gasteiger partial charge in [-0.05, 0) is 16.6 Å². The Morgan fingerprint density at radius 1 is 1.25 bits per heavy atom. The monoisotopic (exact) mass is 397 g/mol. The maximum Gasteiger partial charge on any atom is 0.349 e. The van der Waals surface area contributed by atoms with E-state index in [0.717, 1.165) is 29.2 Å². The molecule has 1 aromatic carbocycles. The molecule has 0 bridgehead atoms. The third kappa shape index (κ3) is 3.97. The number of anilines is 1. The summed E-state index contributed by atoms with van der Waals surface area (Å²) in [5, 5.41) is 12.7. The van der Waals surface area contributed by atoms with Gasteiger partial charge in [-0.1, -0.05) is 30.3 Å². The van der Waals surface area contributed by atoms with E-state index in [1.54, 1.807) is 0 Å². The first kappa shape index (κ1) is 18.4. The lowest BCUT2D eigenvalue weighted by atomic mass is 10.1. The van der Waals surface area contributed by atoms with Gasteiger partial charge in [-0.3, -0.25) is 0 Å². The Morgan fingerprint density at radius 3 is 2.79 bits per heavy atom. The minimum Gasteiger partial charge on any atom is -0.711 e. The average molecular weight is 397 g/mol. The fourth-order valence-electron chi connectivity index (χ4n) is 3.00. The number of hydrogen-bond donors (Lipinski definition) is 0. The summed E-state index contributed by atoms with van der Waals surface area (Å²) in [6.07, 6.45) is 2.82. The predicted molar refractivity (Wildman–Crippen MR) is 105 cm³/mol. The highest BCUT2D eigenvalue weighted by molar-refractivity contribution is 7.18. The minimum absolute atomic E-state index is 0.143. The van der Waals surface area contributed by atoms with Crippen molar-refractivity contribution in [2.45, 2.75) is 6.61 Å². The van der Waals surface area contributed by atoms with E-state index in [2.05, 4.69) is 9.88 Å². The van der Waals surface area contributed by atoms with E-state index in [-0.39, 0.29) is 12.4 Å². The van der Waals surface area contributed by atoms with Crippen LogP contribution in [0.3, 0.4) is 0 Å². The smallest absolute Gasteiger partial charge is 0.349 e. The molecule has 3 heterocycles. The SMILES string of the molecule is O=C(OCc1nccc[n+]1[O-])c1cc(-c2ccccc2)c(N2CCOCC2)s1. The van der Waals surface area contributed by atoms with E-state index in [0.29, 0.717) is 22.8 Å². The quantitative estimate of drug-likeness (QED) is 0.374. The number of carbonyl (C=O) groups excluding carboxylic acids is 1. The minimum atomic E-state index is -0.465. The number of esters is 1. The molecule has 0 radical (unpaired) electrons. The van der Waals surface area contributed by atoms with Crippen molar-refractivity contribution in [1.82, 2.24) is 4.98 Å². The van der Waals surface area contributed by atoms with Crippen LogP contribution in [0.2, 0.25) is 0 Å². The molecule has 0 amide bonds. The van der Waals surface area contributed by atoms with Crippen molar-refractivity contribution in [3.63, 3.8) is 0 Å². The van der Waals surface area contributed by atoms with Gasteiger partial charge in [0.2, 0.25) is 0 Å². The number of carbonyl (C=O) groups is 1. The number of nitrogens with zero attached hydrogens (tertiary/aromatic N) is 3. The van der Waals surface area contributed by atoms with Gasteiger partial charge in [-0.25, -0.2) is 9.52 Å². The highest BCUT2D eigenvalue weighted by Crippen LogP contribution is 2.39. The molecule has 0 N–H and O–H groups in total. The van der Waals surface area contributed by atoms with E-state index >= 15 is 0 Å². The van der Waals surface area contributed by atoms with Crippen LogP contribution in [0.1, 0.15) is 15.5 Å². The molecule has 4 rings (SSSR count). The summed E-state index contributed by atoms with van der Waals surface area (Å²) in [7, 11) is 0. The van der Waals surface area contributed by atoms with E-state index in [1.165, 1.54) is 29.8 Å². The summed E-state index contributed by atoms with van der Waals surface area (Å²) < 4.78 is 11.4. The van der Waals surface area contributed by atoms with Crippen molar-refractivity contribution in [1.29, 1.82) is 0 Å². The van der Waals surface area contributed by atoms with Crippen molar-refractivity contribution in [2.24, 2.45) is 0 Å². The fourth-order valence-corrected chi connectivity index (χ4v) is 4.12.